The van der Waals surface area contributed by atoms with Gasteiger partial charge in [-0.1, -0.05) is 30.3 Å². The van der Waals surface area contributed by atoms with E-state index >= 15 is 0 Å². The maximum atomic E-state index is 11.0. The highest BCUT2D eigenvalue weighted by atomic mass is 16.1. The zero-order valence-corrected chi connectivity index (χ0v) is 5.32. The minimum Gasteiger partial charge on any atom is -0.305 e. The van der Waals surface area contributed by atoms with Crippen LogP contribution in [0.2, 0.25) is 1.41 Å². The van der Waals surface area contributed by atoms with Gasteiger partial charge in [-0.05, 0) is 0 Å². The molecule has 1 N–H and O–H groups in total. The van der Waals surface area contributed by atoms with Crippen LogP contribution in [0, 0.1) is 5.40 Å². The lowest BCUT2D eigenvalue weighted by Crippen LogP contribution is -1.97. The lowest BCUT2D eigenvalue weighted by molar-refractivity contribution is 0.107. The molecular formula is C8H7NO. The first-order chi connectivity index (χ1) is 5.34. The van der Waals surface area contributed by atoms with Gasteiger partial charge in [-0.25, -0.2) is 0 Å². The largest absolute Gasteiger partial charge is 0.305 e. The number of hydrogen-bond donors (Lipinski definition) is 1. The first-order valence-corrected chi connectivity index (χ1v) is 2.91. The van der Waals surface area contributed by atoms with Crippen molar-refractivity contribution in [2.75, 3.05) is 0 Å². The van der Waals surface area contributed by atoms with Gasteiger partial charge in [0.05, 0.1) is 6.21 Å². The van der Waals surface area contributed by atoms with Gasteiger partial charge >= 0.3 is 0 Å². The second kappa shape index (κ2) is 2.92. The summed E-state index contributed by atoms with van der Waals surface area (Å²) < 4.78 is 6.43. The lowest BCUT2D eigenvalue weighted by atomic mass is 10.1. The molecule has 0 bridgehead atoms. The molecule has 0 saturated carbocycles. The highest BCUT2D eigenvalue weighted by Crippen LogP contribution is 1.96. The van der Waals surface area contributed by atoms with Crippen LogP contribution in [0.5, 0.6) is 0 Å². The molecule has 0 aliphatic carbocycles. The van der Waals surface area contributed by atoms with Crippen LogP contribution in [0.3, 0.4) is 0 Å². The summed E-state index contributed by atoms with van der Waals surface area (Å²) >= 11 is 0. The third kappa shape index (κ3) is 1.29. The van der Waals surface area contributed by atoms with E-state index in [9.17, 15) is 4.79 Å². The van der Waals surface area contributed by atoms with Crippen molar-refractivity contribution in [1.82, 2.24) is 0 Å². The lowest BCUT2D eigenvalue weighted by Gasteiger charge is -1.89. The molecule has 0 spiro atoms. The Balaban J connectivity index is 2.86. The van der Waals surface area contributed by atoms with Crippen LogP contribution in [0.1, 0.15) is 10.4 Å². The van der Waals surface area contributed by atoms with Crippen LogP contribution < -0.4 is 0 Å². The van der Waals surface area contributed by atoms with Crippen molar-refractivity contribution >= 4 is 12.0 Å². The van der Waals surface area contributed by atoms with E-state index in [1.807, 2.05) is 6.07 Å². The standard InChI is InChI=1S/C8H7NO/c9-6-8(10)7-4-2-1-3-5-7/h1-6,9H/i/hD. The number of carbonyl (C=O) groups excluding carboxylic acids is 1. The smallest absolute Gasteiger partial charge is 0.203 e. The number of benzene rings is 1. The van der Waals surface area contributed by atoms with Gasteiger partial charge in [0.2, 0.25) is 5.78 Å². The Labute approximate surface area is 60.5 Å². The monoisotopic (exact) mass is 134 g/mol. The average Bonchev–Trinajstić information content (AvgIpc) is 2.07. The molecule has 0 heterocycles. The summed E-state index contributed by atoms with van der Waals surface area (Å²) in [6, 6.07) is 8.73. The van der Waals surface area contributed by atoms with Crippen molar-refractivity contribution < 1.29 is 6.21 Å². The molecular weight excluding hydrogens is 126 g/mol. The zero-order valence-electron chi connectivity index (χ0n) is 6.32. The minimum absolute atomic E-state index is 0.236. The maximum Gasteiger partial charge on any atom is 0.203 e. The van der Waals surface area contributed by atoms with E-state index in [0.29, 0.717) is 5.56 Å². The molecule has 0 aliphatic heterocycles. The summed E-state index contributed by atoms with van der Waals surface area (Å²) in [6.45, 7) is 0. The Bertz CT molecular complexity index is 269. The second-order valence-corrected chi connectivity index (χ2v) is 1.86. The summed E-state index contributed by atoms with van der Waals surface area (Å²) in [6.07, 6.45) is 0.981. The van der Waals surface area contributed by atoms with Crippen molar-refractivity contribution in [3.05, 3.63) is 35.9 Å². The Kier molecular flexibility index (Phi) is 1.56. The number of nitrogens with one attached hydrogen (secondary N) is 1. The molecule has 1 aromatic carbocycles. The van der Waals surface area contributed by atoms with Gasteiger partial charge in [0.1, 0.15) is 0 Å². The molecule has 0 radical (unpaired) electrons. The first-order valence-electron chi connectivity index (χ1n) is 3.36. The van der Waals surface area contributed by atoms with Crippen molar-refractivity contribution in [2.45, 2.75) is 0 Å². The maximum absolute atomic E-state index is 11.0. The number of carbonyl (C=O) groups is 1. The van der Waals surface area contributed by atoms with Crippen LogP contribution >= 0.6 is 0 Å². The van der Waals surface area contributed by atoms with Crippen LogP contribution in [-0.4, -0.2) is 12.0 Å². The van der Waals surface area contributed by atoms with Gasteiger partial charge in [0.15, 0.2) is 1.41 Å². The molecule has 0 unspecified atom stereocenters. The van der Waals surface area contributed by atoms with Crippen molar-refractivity contribution in [2.24, 2.45) is 0 Å². The SMILES string of the molecule is [2H]N=CC(=O)c1ccccc1. The number of ketones is 1. The molecule has 1 rings (SSSR count). The van der Waals surface area contributed by atoms with E-state index in [1.54, 1.807) is 24.3 Å². The van der Waals surface area contributed by atoms with E-state index in [1.165, 1.54) is 0 Å². The number of rotatable bonds is 2. The Morgan fingerprint density at radius 3 is 2.80 bits per heavy atom. The third-order valence-electron chi connectivity index (χ3n) is 1.18. The third-order valence-corrected chi connectivity index (χ3v) is 1.18. The topological polar surface area (TPSA) is 40.9 Å². The summed E-state index contributed by atoms with van der Waals surface area (Å²) in [5.41, 5.74) is 0.559. The molecule has 0 saturated heterocycles. The zero-order chi connectivity index (χ0) is 8.10. The summed E-state index contributed by atoms with van der Waals surface area (Å²) in [7, 11) is 0. The van der Waals surface area contributed by atoms with Crippen molar-refractivity contribution in [1.29, 1.82) is 5.40 Å². The molecule has 2 nitrogen and oxygen atoms in total. The van der Waals surface area contributed by atoms with E-state index < -0.39 is 0 Å². The summed E-state index contributed by atoms with van der Waals surface area (Å²) in [4.78, 5) is 11.0. The molecule has 0 atom stereocenters. The van der Waals surface area contributed by atoms with Crippen molar-refractivity contribution in [3.63, 3.8) is 0 Å². The minimum atomic E-state index is -0.236. The van der Waals surface area contributed by atoms with E-state index in [4.69, 9.17) is 1.41 Å². The average molecular weight is 134 g/mol. The first kappa shape index (κ1) is 5.35. The molecule has 0 fully saturated rings. The molecule has 2 heteroatoms. The fourth-order valence-corrected chi connectivity index (χ4v) is 0.677. The van der Waals surface area contributed by atoms with Crippen molar-refractivity contribution in [3.8, 4) is 0 Å². The van der Waals surface area contributed by atoms with Crippen LogP contribution in [0.15, 0.2) is 30.3 Å². The molecule has 10 heavy (non-hydrogen) atoms. The Hall–Kier alpha value is -1.44. The van der Waals surface area contributed by atoms with Gasteiger partial charge < -0.3 is 5.40 Å². The fourth-order valence-electron chi connectivity index (χ4n) is 0.677. The Morgan fingerprint density at radius 1 is 1.50 bits per heavy atom. The molecule has 0 amide bonds. The van der Waals surface area contributed by atoms with Gasteiger partial charge in [-0.15, -0.1) is 0 Å². The highest BCUT2D eigenvalue weighted by molar-refractivity contribution is 6.34. The summed E-state index contributed by atoms with van der Waals surface area (Å²) in [5, 5.41) is 2.89. The van der Waals surface area contributed by atoms with Gasteiger partial charge in [-0.3, -0.25) is 4.79 Å². The van der Waals surface area contributed by atoms with Gasteiger partial charge in [0, 0.05) is 5.56 Å². The quantitative estimate of drug-likeness (QED) is 0.483. The van der Waals surface area contributed by atoms with E-state index in [2.05, 4.69) is 5.40 Å². The van der Waals surface area contributed by atoms with E-state index in [-0.39, 0.29) is 5.78 Å². The molecule has 0 aliphatic rings. The fraction of sp³-hybridized carbons (Fsp3) is 0. The summed E-state index contributed by atoms with van der Waals surface area (Å²) in [5.74, 6) is -0.236. The Morgan fingerprint density at radius 2 is 2.20 bits per heavy atom. The second-order valence-electron chi connectivity index (χ2n) is 1.86. The van der Waals surface area contributed by atoms with Gasteiger partial charge in [-0.2, -0.15) is 0 Å². The predicted molar refractivity (Wildman–Crippen MR) is 39.6 cm³/mol. The number of hydrogen-bond acceptors (Lipinski definition) is 2. The number of Topliss-reactive ketones (excluding diaryl/α,β-unsaturated/α-hetero) is 1. The molecule has 1 aromatic rings. The van der Waals surface area contributed by atoms with Crippen LogP contribution in [0.25, 0.3) is 0 Å². The van der Waals surface area contributed by atoms with Gasteiger partial charge in [0.25, 0.3) is 0 Å². The van der Waals surface area contributed by atoms with Crippen LogP contribution in [-0.2, 0) is 0 Å². The molecule has 50 valence electrons. The predicted octanol–water partition coefficient (Wildman–Crippen LogP) is 1.52. The van der Waals surface area contributed by atoms with E-state index in [0.717, 1.165) is 6.21 Å². The normalized spacial score (nSPS) is 11.4. The molecule has 0 aromatic heterocycles. The highest BCUT2D eigenvalue weighted by Gasteiger charge is 1.97. The van der Waals surface area contributed by atoms with Crippen LogP contribution in [0.4, 0.5) is 0 Å².